The van der Waals surface area contributed by atoms with Crippen molar-refractivity contribution in [3.05, 3.63) is 29.8 Å². The van der Waals surface area contributed by atoms with Crippen LogP contribution in [0.1, 0.15) is 68.1 Å². The van der Waals surface area contributed by atoms with Crippen molar-refractivity contribution >= 4 is 23.6 Å². The zero-order valence-corrected chi connectivity index (χ0v) is 22.6. The van der Waals surface area contributed by atoms with Crippen LogP contribution in [-0.2, 0) is 14.4 Å². The van der Waals surface area contributed by atoms with E-state index in [0.717, 1.165) is 38.6 Å². The summed E-state index contributed by atoms with van der Waals surface area (Å²) >= 11 is 0. The van der Waals surface area contributed by atoms with E-state index in [4.69, 9.17) is 4.74 Å². The van der Waals surface area contributed by atoms with Crippen molar-refractivity contribution in [2.75, 3.05) is 53.9 Å². The van der Waals surface area contributed by atoms with Gasteiger partial charge in [-0.15, -0.1) is 0 Å². The third-order valence-corrected chi connectivity index (χ3v) is 7.38. The molecule has 4 amide bonds. The van der Waals surface area contributed by atoms with E-state index >= 15 is 0 Å². The molecule has 0 spiro atoms. The van der Waals surface area contributed by atoms with Crippen LogP contribution in [0, 0.1) is 0 Å². The van der Waals surface area contributed by atoms with E-state index < -0.39 is 6.04 Å². The number of likely N-dealkylation sites (tertiary alicyclic amines) is 1. The summed E-state index contributed by atoms with van der Waals surface area (Å²) in [6.07, 6.45) is 6.40. The molecule has 9 nitrogen and oxygen atoms in total. The molecule has 0 aliphatic carbocycles. The summed E-state index contributed by atoms with van der Waals surface area (Å²) in [5, 5.41) is 0. The highest BCUT2D eigenvalue weighted by Crippen LogP contribution is 2.23. The first kappa shape index (κ1) is 28.5. The Morgan fingerprint density at radius 1 is 1.03 bits per heavy atom. The summed E-state index contributed by atoms with van der Waals surface area (Å²) in [6, 6.07) is 6.61. The summed E-state index contributed by atoms with van der Waals surface area (Å²) in [5.41, 5.74) is 0.464. The third kappa shape index (κ3) is 7.94. The Morgan fingerprint density at radius 2 is 1.81 bits per heavy atom. The van der Waals surface area contributed by atoms with Gasteiger partial charge in [-0.05, 0) is 57.1 Å². The van der Waals surface area contributed by atoms with Crippen LogP contribution in [0.4, 0.5) is 0 Å². The second-order valence-corrected chi connectivity index (χ2v) is 10.1. The van der Waals surface area contributed by atoms with Crippen molar-refractivity contribution in [2.45, 2.75) is 63.8 Å². The van der Waals surface area contributed by atoms with Gasteiger partial charge in [-0.2, -0.15) is 0 Å². The second-order valence-electron chi connectivity index (χ2n) is 10.1. The van der Waals surface area contributed by atoms with Crippen LogP contribution >= 0.6 is 0 Å². The van der Waals surface area contributed by atoms with Gasteiger partial charge in [0, 0.05) is 60.2 Å². The molecule has 0 aromatic heterocycles. The molecule has 0 radical (unpaired) electrons. The molecule has 3 rings (SSSR count). The molecule has 1 atom stereocenters. The number of hydrogen-bond acceptors (Lipinski definition) is 5. The lowest BCUT2D eigenvalue weighted by Crippen LogP contribution is -2.48. The van der Waals surface area contributed by atoms with Gasteiger partial charge in [0.15, 0.2) is 0 Å². The predicted octanol–water partition coefficient (Wildman–Crippen LogP) is 2.79. The lowest BCUT2D eigenvalue weighted by Gasteiger charge is -2.31. The molecule has 2 heterocycles. The summed E-state index contributed by atoms with van der Waals surface area (Å²) < 4.78 is 5.91. The first-order valence-corrected chi connectivity index (χ1v) is 13.5. The minimum absolute atomic E-state index is 0.0153. The minimum atomic E-state index is -0.589. The van der Waals surface area contributed by atoms with E-state index in [1.807, 2.05) is 6.07 Å². The van der Waals surface area contributed by atoms with Crippen molar-refractivity contribution in [2.24, 2.45) is 0 Å². The highest BCUT2D eigenvalue weighted by atomic mass is 16.5. The number of fused-ring (bicyclic) bond motifs is 1. The maximum absolute atomic E-state index is 13.4. The van der Waals surface area contributed by atoms with Gasteiger partial charge in [0.25, 0.3) is 5.91 Å². The highest BCUT2D eigenvalue weighted by Gasteiger charge is 2.31. The average Bonchev–Trinajstić information content (AvgIpc) is 3.32. The van der Waals surface area contributed by atoms with Crippen LogP contribution in [0.5, 0.6) is 5.75 Å². The molecule has 0 saturated carbocycles. The van der Waals surface area contributed by atoms with Gasteiger partial charge in [-0.25, -0.2) is 0 Å². The van der Waals surface area contributed by atoms with Crippen LogP contribution in [0.25, 0.3) is 0 Å². The van der Waals surface area contributed by atoms with Crippen molar-refractivity contribution in [1.82, 2.24) is 19.6 Å². The predicted molar refractivity (Wildman–Crippen MR) is 141 cm³/mol. The first-order chi connectivity index (χ1) is 17.8. The number of likely N-dealkylation sites (N-methyl/N-ethyl adjacent to an activating group) is 2. The minimum Gasteiger partial charge on any atom is -0.493 e. The Labute approximate surface area is 220 Å². The van der Waals surface area contributed by atoms with Crippen LogP contribution in [0.15, 0.2) is 24.3 Å². The monoisotopic (exact) mass is 514 g/mol. The molecular formula is C28H42N4O5. The molecule has 1 aromatic carbocycles. The Balaban J connectivity index is 1.58. The lowest BCUT2D eigenvalue weighted by atomic mass is 10.0. The number of amides is 4. The quantitative estimate of drug-likeness (QED) is 0.498. The Bertz CT molecular complexity index is 952. The second kappa shape index (κ2) is 14.0. The SMILES string of the molecule is CN(CCCC[C@H]1C(=O)N(C)CCCCCOc2ccccc2C(=O)N1C)C(=O)CCN1CCCC1=O. The van der Waals surface area contributed by atoms with Crippen LogP contribution in [0.2, 0.25) is 0 Å². The van der Waals surface area contributed by atoms with Gasteiger partial charge in [0.1, 0.15) is 11.8 Å². The zero-order valence-electron chi connectivity index (χ0n) is 22.6. The highest BCUT2D eigenvalue weighted by molar-refractivity contribution is 5.99. The molecule has 204 valence electrons. The smallest absolute Gasteiger partial charge is 0.258 e. The van der Waals surface area contributed by atoms with E-state index in [-0.39, 0.29) is 23.6 Å². The fourth-order valence-corrected chi connectivity index (χ4v) is 4.93. The largest absolute Gasteiger partial charge is 0.493 e. The van der Waals surface area contributed by atoms with Crippen molar-refractivity contribution in [3.8, 4) is 5.75 Å². The van der Waals surface area contributed by atoms with Crippen molar-refractivity contribution < 1.29 is 23.9 Å². The van der Waals surface area contributed by atoms with Crippen LogP contribution in [0.3, 0.4) is 0 Å². The van der Waals surface area contributed by atoms with Crippen molar-refractivity contribution in [3.63, 3.8) is 0 Å². The maximum atomic E-state index is 13.4. The molecule has 0 N–H and O–H groups in total. The van der Waals surface area contributed by atoms with E-state index in [9.17, 15) is 19.2 Å². The van der Waals surface area contributed by atoms with E-state index in [0.29, 0.717) is 63.2 Å². The van der Waals surface area contributed by atoms with Gasteiger partial charge in [0.2, 0.25) is 17.7 Å². The van der Waals surface area contributed by atoms with E-state index in [2.05, 4.69) is 0 Å². The normalized spacial score (nSPS) is 19.6. The number of carbonyl (C=O) groups excluding carboxylic acids is 4. The fraction of sp³-hybridized carbons (Fsp3) is 0.643. The number of rotatable bonds is 8. The fourth-order valence-electron chi connectivity index (χ4n) is 4.93. The number of hydrogen-bond donors (Lipinski definition) is 0. The number of carbonyl (C=O) groups is 4. The molecule has 1 aromatic rings. The Kier molecular flexibility index (Phi) is 10.8. The number of para-hydroxylation sites is 1. The van der Waals surface area contributed by atoms with Crippen LogP contribution < -0.4 is 4.74 Å². The number of unbranched alkanes of at least 4 members (excludes halogenated alkanes) is 1. The number of benzene rings is 1. The molecule has 0 unspecified atom stereocenters. The molecule has 2 aliphatic rings. The Morgan fingerprint density at radius 3 is 2.57 bits per heavy atom. The third-order valence-electron chi connectivity index (χ3n) is 7.38. The maximum Gasteiger partial charge on any atom is 0.258 e. The summed E-state index contributed by atoms with van der Waals surface area (Å²) in [4.78, 5) is 57.8. The molecule has 0 bridgehead atoms. The van der Waals surface area contributed by atoms with Gasteiger partial charge < -0.3 is 24.3 Å². The van der Waals surface area contributed by atoms with Crippen molar-refractivity contribution in [1.29, 1.82) is 0 Å². The Hall–Kier alpha value is -3.10. The zero-order chi connectivity index (χ0) is 26.8. The molecule has 9 heteroatoms. The molecule has 2 aliphatic heterocycles. The lowest BCUT2D eigenvalue weighted by molar-refractivity contribution is -0.135. The molecule has 1 saturated heterocycles. The van der Waals surface area contributed by atoms with Gasteiger partial charge in [-0.3, -0.25) is 19.2 Å². The molecular weight excluding hydrogens is 472 g/mol. The summed E-state index contributed by atoms with van der Waals surface area (Å²) in [5.74, 6) is 0.402. The van der Waals surface area contributed by atoms with Gasteiger partial charge in [0.05, 0.1) is 12.2 Å². The number of ether oxygens (including phenoxy) is 1. The van der Waals surface area contributed by atoms with Gasteiger partial charge >= 0.3 is 0 Å². The first-order valence-electron chi connectivity index (χ1n) is 13.5. The molecule has 37 heavy (non-hydrogen) atoms. The number of nitrogens with zero attached hydrogens (tertiary/aromatic N) is 4. The average molecular weight is 515 g/mol. The van der Waals surface area contributed by atoms with E-state index in [1.165, 1.54) is 0 Å². The molecule has 1 fully saturated rings. The summed E-state index contributed by atoms with van der Waals surface area (Å²) in [7, 11) is 5.26. The van der Waals surface area contributed by atoms with E-state index in [1.54, 1.807) is 58.9 Å². The standard InChI is InChI=1S/C28H42N4O5/c1-29(25(33)16-20-32-19-11-15-26(32)34)17-9-7-13-23-28(36)30(2)18-8-4-10-21-37-24-14-6-5-12-22(24)27(35)31(23)3/h5-6,12,14,23H,4,7-11,13,15-21H2,1-3H3/t23-/m0/s1. The topological polar surface area (TPSA) is 90.5 Å². The van der Waals surface area contributed by atoms with Crippen LogP contribution in [-0.4, -0.2) is 103 Å². The summed E-state index contributed by atoms with van der Waals surface area (Å²) in [6.45, 7) is 2.96. The van der Waals surface area contributed by atoms with Gasteiger partial charge in [-0.1, -0.05) is 12.1 Å².